The Morgan fingerprint density at radius 2 is 1.68 bits per heavy atom. The van der Waals surface area contributed by atoms with Crippen LogP contribution in [0.1, 0.15) is 42.9 Å². The number of β-amino-alcohol motifs (C(OH)–C–C–N with tert-alkyl or cyclic N) is 1. The van der Waals surface area contributed by atoms with E-state index in [4.69, 9.17) is 0 Å². The zero-order valence-electron chi connectivity index (χ0n) is 19.2. The minimum absolute atomic E-state index is 0.0328. The Morgan fingerprint density at radius 1 is 1.06 bits per heavy atom. The summed E-state index contributed by atoms with van der Waals surface area (Å²) in [7, 11) is -3.30. The number of hydrogen-bond acceptors (Lipinski definition) is 4. The van der Waals surface area contributed by atoms with Crippen LogP contribution in [0.25, 0.3) is 0 Å². The molecule has 2 saturated carbocycles. The topological polar surface area (TPSA) is 69.6 Å². The molecule has 4 aliphatic rings. The minimum Gasteiger partial charge on any atom is -0.388 e. The number of likely N-dealkylation sites (tertiary alicyclic amines) is 1. The summed E-state index contributed by atoms with van der Waals surface area (Å²) in [5.41, 5.74) is 2.23. The first-order chi connectivity index (χ1) is 16.1. The molecule has 8 heteroatoms. The highest BCUT2D eigenvalue weighted by Crippen LogP contribution is 2.65. The monoisotopic (exact) mass is 488 g/mol. The highest BCUT2D eigenvalue weighted by molar-refractivity contribution is 7.93. The lowest BCUT2D eigenvalue weighted by Crippen LogP contribution is -2.45. The molecule has 0 spiro atoms. The standard InChI is InChI=1S/C26H30F2N2O3S/c1-2-26(18-4-3-5-19(10-18)29-34(32,33)20-6-7-20)21-13-30(14-22(21)26)15-25(31)11-16-8-23(27)24(28)9-17(16)12-25/h3-5,8-10,20-22,29,31H,2,6-7,11-15H2,1H3/t21-,22+,26?. The predicted octanol–water partition coefficient (Wildman–Crippen LogP) is 3.61. The van der Waals surface area contributed by atoms with Gasteiger partial charge >= 0.3 is 0 Å². The molecule has 0 amide bonds. The zero-order chi connectivity index (χ0) is 23.9. The number of hydrogen-bond donors (Lipinski definition) is 2. The molecule has 0 bridgehead atoms. The molecule has 3 atom stereocenters. The van der Waals surface area contributed by atoms with Gasteiger partial charge in [-0.1, -0.05) is 19.1 Å². The molecule has 182 valence electrons. The summed E-state index contributed by atoms with van der Waals surface area (Å²) in [6.07, 6.45) is 3.12. The van der Waals surface area contributed by atoms with Gasteiger partial charge in [-0.3, -0.25) is 9.62 Å². The second kappa shape index (κ2) is 7.48. The molecule has 1 heterocycles. The van der Waals surface area contributed by atoms with Crippen LogP contribution in [0.15, 0.2) is 36.4 Å². The number of fused-ring (bicyclic) bond motifs is 2. The van der Waals surface area contributed by atoms with E-state index in [1.54, 1.807) is 0 Å². The lowest BCUT2D eigenvalue weighted by Gasteiger charge is -2.32. The number of nitrogens with one attached hydrogen (secondary N) is 1. The first-order valence-corrected chi connectivity index (χ1v) is 13.7. The van der Waals surface area contributed by atoms with Crippen molar-refractivity contribution in [3.8, 4) is 0 Å². The van der Waals surface area contributed by atoms with Gasteiger partial charge in [0.2, 0.25) is 10.0 Å². The molecule has 2 aromatic rings. The van der Waals surface area contributed by atoms with Crippen molar-refractivity contribution < 1.29 is 22.3 Å². The van der Waals surface area contributed by atoms with Crippen molar-refractivity contribution in [2.75, 3.05) is 24.4 Å². The van der Waals surface area contributed by atoms with Crippen LogP contribution in [0, 0.1) is 23.5 Å². The molecule has 2 aromatic carbocycles. The van der Waals surface area contributed by atoms with Gasteiger partial charge in [0.15, 0.2) is 11.6 Å². The van der Waals surface area contributed by atoms with Crippen molar-refractivity contribution in [3.05, 3.63) is 64.7 Å². The molecule has 2 N–H and O–H groups in total. The van der Waals surface area contributed by atoms with Crippen LogP contribution >= 0.6 is 0 Å². The van der Waals surface area contributed by atoms with Crippen LogP contribution in [0.3, 0.4) is 0 Å². The molecule has 0 radical (unpaired) electrons. The average Bonchev–Trinajstić information content (AvgIpc) is 3.65. The summed E-state index contributed by atoms with van der Waals surface area (Å²) in [5, 5.41) is 10.9. The van der Waals surface area contributed by atoms with E-state index < -0.39 is 27.3 Å². The number of aliphatic hydroxyl groups is 1. The molecule has 6 rings (SSSR count). The third-order valence-corrected chi connectivity index (χ3v) is 10.5. The number of anilines is 1. The first kappa shape index (κ1) is 22.4. The van der Waals surface area contributed by atoms with Crippen LogP contribution < -0.4 is 4.72 Å². The zero-order valence-corrected chi connectivity index (χ0v) is 20.0. The fraction of sp³-hybridized carbons (Fsp3) is 0.538. The number of nitrogens with zero attached hydrogens (tertiary/aromatic N) is 1. The van der Waals surface area contributed by atoms with E-state index in [2.05, 4.69) is 22.6 Å². The van der Waals surface area contributed by atoms with E-state index in [9.17, 15) is 22.3 Å². The van der Waals surface area contributed by atoms with Gasteiger partial charge in [0, 0.05) is 43.6 Å². The Bertz CT molecular complexity index is 1220. The highest BCUT2D eigenvalue weighted by Gasteiger charge is 2.67. The second-order valence-electron chi connectivity index (χ2n) is 10.8. The van der Waals surface area contributed by atoms with Gasteiger partial charge in [0.25, 0.3) is 0 Å². The molecule has 0 aromatic heterocycles. The maximum Gasteiger partial charge on any atom is 0.235 e. The summed E-state index contributed by atoms with van der Waals surface area (Å²) in [4.78, 5) is 2.28. The number of sulfonamides is 1. The van der Waals surface area contributed by atoms with E-state index in [0.29, 0.717) is 48.0 Å². The maximum atomic E-state index is 13.6. The summed E-state index contributed by atoms with van der Waals surface area (Å²) in [5.74, 6) is -0.815. The fourth-order valence-electron chi connectivity index (χ4n) is 6.86. The Labute approximate surface area is 199 Å². The van der Waals surface area contributed by atoms with E-state index in [1.165, 1.54) is 17.7 Å². The summed E-state index contributed by atoms with van der Waals surface area (Å²) >= 11 is 0. The van der Waals surface area contributed by atoms with Crippen molar-refractivity contribution >= 4 is 15.7 Å². The minimum atomic E-state index is -3.30. The van der Waals surface area contributed by atoms with Gasteiger partial charge in [-0.2, -0.15) is 0 Å². The van der Waals surface area contributed by atoms with Gasteiger partial charge in [-0.05, 0) is 72.1 Å². The number of rotatable bonds is 7. The summed E-state index contributed by atoms with van der Waals surface area (Å²) in [6.45, 7) is 4.39. The van der Waals surface area contributed by atoms with E-state index in [0.717, 1.165) is 32.4 Å². The third-order valence-electron chi connectivity index (χ3n) is 8.62. The molecule has 34 heavy (non-hydrogen) atoms. The van der Waals surface area contributed by atoms with Crippen molar-refractivity contribution in [1.29, 1.82) is 0 Å². The van der Waals surface area contributed by atoms with E-state index >= 15 is 0 Å². The lowest BCUT2D eigenvalue weighted by atomic mass is 9.87. The Hall–Kier alpha value is -2.03. The van der Waals surface area contributed by atoms with Gasteiger partial charge in [-0.25, -0.2) is 17.2 Å². The number of benzene rings is 2. The normalized spacial score (nSPS) is 29.6. The van der Waals surface area contributed by atoms with Gasteiger partial charge in [-0.15, -0.1) is 0 Å². The van der Waals surface area contributed by atoms with Crippen molar-refractivity contribution in [3.63, 3.8) is 0 Å². The van der Waals surface area contributed by atoms with Crippen molar-refractivity contribution in [2.24, 2.45) is 11.8 Å². The van der Waals surface area contributed by atoms with Crippen LogP contribution in [-0.2, 0) is 28.3 Å². The SMILES string of the molecule is CCC1(c2cccc(NS(=O)(=O)C3CC3)c2)[C@@H]2CN(CC3(O)Cc4cc(F)c(F)cc4C3)C[C@@H]21. The highest BCUT2D eigenvalue weighted by atomic mass is 32.2. The Kier molecular flexibility index (Phi) is 4.94. The molecule has 3 aliphatic carbocycles. The Balaban J connectivity index is 1.14. The molecule has 1 saturated heterocycles. The van der Waals surface area contributed by atoms with Crippen LogP contribution in [0.2, 0.25) is 0 Å². The molecule has 1 aliphatic heterocycles. The van der Waals surface area contributed by atoms with Crippen molar-refractivity contribution in [1.82, 2.24) is 4.90 Å². The largest absolute Gasteiger partial charge is 0.388 e. The quantitative estimate of drug-likeness (QED) is 0.625. The maximum absolute atomic E-state index is 13.6. The first-order valence-electron chi connectivity index (χ1n) is 12.2. The van der Waals surface area contributed by atoms with Gasteiger partial charge in [0.05, 0.1) is 10.9 Å². The van der Waals surface area contributed by atoms with Crippen LogP contribution in [0.5, 0.6) is 0 Å². The molecular formula is C26H30F2N2O3S. The molecule has 1 unspecified atom stereocenters. The van der Waals surface area contributed by atoms with Crippen molar-refractivity contribution in [2.45, 2.75) is 55.3 Å². The fourth-order valence-corrected chi connectivity index (χ4v) is 8.24. The van der Waals surface area contributed by atoms with Crippen LogP contribution in [0.4, 0.5) is 14.5 Å². The lowest BCUT2D eigenvalue weighted by molar-refractivity contribution is 0.0139. The Morgan fingerprint density at radius 3 is 2.24 bits per heavy atom. The molecular weight excluding hydrogens is 458 g/mol. The van der Waals surface area contributed by atoms with Crippen LogP contribution in [-0.4, -0.2) is 48.9 Å². The van der Waals surface area contributed by atoms with E-state index in [1.807, 2.05) is 18.2 Å². The van der Waals surface area contributed by atoms with Gasteiger partial charge in [0.1, 0.15) is 0 Å². The summed E-state index contributed by atoms with van der Waals surface area (Å²) < 4.78 is 54.8. The number of halogens is 2. The summed E-state index contributed by atoms with van der Waals surface area (Å²) in [6, 6.07) is 10.3. The number of piperidine rings is 1. The predicted molar refractivity (Wildman–Crippen MR) is 126 cm³/mol. The molecule has 3 fully saturated rings. The van der Waals surface area contributed by atoms with Gasteiger partial charge < -0.3 is 5.11 Å². The molecule has 5 nitrogen and oxygen atoms in total. The second-order valence-corrected chi connectivity index (χ2v) is 12.8. The third kappa shape index (κ3) is 3.57. The smallest absolute Gasteiger partial charge is 0.235 e. The average molecular weight is 489 g/mol. The van der Waals surface area contributed by atoms with E-state index in [-0.39, 0.29) is 10.7 Å².